The molecule has 0 amide bonds. The van der Waals surface area contributed by atoms with Crippen LogP contribution in [0.3, 0.4) is 0 Å². The molecule has 0 fully saturated rings. The zero-order valence-corrected chi connectivity index (χ0v) is 12.8. The van der Waals surface area contributed by atoms with Crippen LogP contribution in [0.4, 0.5) is 4.79 Å². The molecule has 2 aromatic rings. The molecule has 6 heteroatoms. The number of para-hydroxylation sites is 1. The maximum absolute atomic E-state index is 12.3. The number of fused-ring (bicyclic) bond motifs is 1. The molecule has 1 unspecified atom stereocenters. The third-order valence-corrected chi connectivity index (χ3v) is 3.66. The minimum absolute atomic E-state index is 0.304. The van der Waals surface area contributed by atoms with E-state index in [0.717, 1.165) is 5.39 Å². The van der Waals surface area contributed by atoms with E-state index in [1.807, 2.05) is 18.2 Å². The highest BCUT2D eigenvalue weighted by molar-refractivity contribution is 7.48. The van der Waals surface area contributed by atoms with Crippen molar-refractivity contribution >= 4 is 30.5 Å². The lowest BCUT2D eigenvalue weighted by molar-refractivity contribution is 0.0549. The van der Waals surface area contributed by atoms with Gasteiger partial charge in [0.2, 0.25) is 0 Å². The number of rotatable bonds is 2. The molecule has 0 radical (unpaired) electrons. The molecule has 5 nitrogen and oxygen atoms in total. The Kier molecular flexibility index (Phi) is 3.93. The SMILES string of the molecule is CO[P+](=O)c1cc2ccccc2n1C(=O)OC(C)(C)C. The van der Waals surface area contributed by atoms with Gasteiger partial charge in [-0.05, 0) is 31.4 Å². The van der Waals surface area contributed by atoms with Gasteiger partial charge in [0.1, 0.15) is 5.60 Å². The Balaban J connectivity index is 2.59. The largest absolute Gasteiger partial charge is 0.567 e. The van der Waals surface area contributed by atoms with Crippen molar-refractivity contribution in [1.29, 1.82) is 0 Å². The van der Waals surface area contributed by atoms with E-state index in [0.29, 0.717) is 11.0 Å². The molecule has 20 heavy (non-hydrogen) atoms. The Labute approximate surface area is 118 Å². The van der Waals surface area contributed by atoms with E-state index in [2.05, 4.69) is 0 Å². The number of ether oxygens (including phenoxy) is 1. The summed E-state index contributed by atoms with van der Waals surface area (Å²) < 4.78 is 23.5. The van der Waals surface area contributed by atoms with Gasteiger partial charge >= 0.3 is 19.6 Å². The number of hydrogen-bond acceptors (Lipinski definition) is 4. The number of carbonyl (C=O) groups excluding carboxylic acids is 1. The average molecular weight is 294 g/mol. The maximum Gasteiger partial charge on any atom is 0.567 e. The van der Waals surface area contributed by atoms with Gasteiger partial charge in [-0.2, -0.15) is 0 Å². The molecular weight excluding hydrogens is 277 g/mol. The highest BCUT2D eigenvalue weighted by Gasteiger charge is 2.32. The summed E-state index contributed by atoms with van der Waals surface area (Å²) in [7, 11) is -0.760. The van der Waals surface area contributed by atoms with Crippen molar-refractivity contribution in [1.82, 2.24) is 4.57 Å². The summed E-state index contributed by atoms with van der Waals surface area (Å²) in [5.41, 5.74) is 0.327. The Morgan fingerprint density at radius 3 is 2.50 bits per heavy atom. The molecule has 0 aliphatic heterocycles. The van der Waals surface area contributed by atoms with Crippen LogP contribution in [0.2, 0.25) is 0 Å². The van der Waals surface area contributed by atoms with Gasteiger partial charge in [0.15, 0.2) is 0 Å². The fourth-order valence-electron chi connectivity index (χ4n) is 1.87. The quantitative estimate of drug-likeness (QED) is 0.796. The second-order valence-corrected chi connectivity index (χ2v) is 6.65. The van der Waals surface area contributed by atoms with Gasteiger partial charge in [-0.1, -0.05) is 18.2 Å². The minimum atomic E-state index is -2.10. The molecule has 0 aliphatic rings. The third-order valence-electron chi connectivity index (χ3n) is 2.62. The van der Waals surface area contributed by atoms with Gasteiger partial charge in [-0.25, -0.2) is 9.36 Å². The fraction of sp³-hybridized carbons (Fsp3) is 0.357. The monoisotopic (exact) mass is 294 g/mol. The number of aromatic nitrogens is 1. The van der Waals surface area contributed by atoms with Gasteiger partial charge in [-0.3, -0.25) is 0 Å². The van der Waals surface area contributed by atoms with Crippen LogP contribution in [0.25, 0.3) is 10.9 Å². The summed E-state index contributed by atoms with van der Waals surface area (Å²) in [4.78, 5) is 12.3. The van der Waals surface area contributed by atoms with Gasteiger partial charge in [-0.15, -0.1) is 4.52 Å². The third kappa shape index (κ3) is 2.89. The second-order valence-electron chi connectivity index (χ2n) is 5.32. The van der Waals surface area contributed by atoms with Gasteiger partial charge < -0.3 is 4.74 Å². The summed E-state index contributed by atoms with van der Waals surface area (Å²) in [6, 6.07) is 8.97. The van der Waals surface area contributed by atoms with E-state index in [-0.39, 0.29) is 0 Å². The van der Waals surface area contributed by atoms with Crippen LogP contribution in [0.5, 0.6) is 0 Å². The van der Waals surface area contributed by atoms with Crippen LogP contribution in [0.15, 0.2) is 30.3 Å². The van der Waals surface area contributed by atoms with Crippen LogP contribution in [-0.2, 0) is 13.8 Å². The highest BCUT2D eigenvalue weighted by atomic mass is 31.1. The molecule has 1 aromatic heterocycles. The smallest absolute Gasteiger partial charge is 0.443 e. The van der Waals surface area contributed by atoms with Crippen molar-refractivity contribution in [3.8, 4) is 0 Å². The topological polar surface area (TPSA) is 57.5 Å². The van der Waals surface area contributed by atoms with Crippen molar-refractivity contribution in [2.45, 2.75) is 26.4 Å². The molecule has 2 rings (SSSR count). The first-order chi connectivity index (χ1) is 9.33. The van der Waals surface area contributed by atoms with E-state index < -0.39 is 19.7 Å². The summed E-state index contributed by atoms with van der Waals surface area (Å²) >= 11 is 0. The van der Waals surface area contributed by atoms with Crippen LogP contribution < -0.4 is 5.44 Å². The van der Waals surface area contributed by atoms with E-state index in [4.69, 9.17) is 9.26 Å². The number of benzene rings is 1. The molecule has 0 aliphatic carbocycles. The molecule has 0 bridgehead atoms. The fourth-order valence-corrected chi connectivity index (χ4v) is 2.65. The van der Waals surface area contributed by atoms with Gasteiger partial charge in [0.25, 0.3) is 0 Å². The Morgan fingerprint density at radius 1 is 1.25 bits per heavy atom. The van der Waals surface area contributed by atoms with Crippen LogP contribution in [-0.4, -0.2) is 23.4 Å². The molecule has 0 saturated heterocycles. The summed E-state index contributed by atoms with van der Waals surface area (Å²) in [5, 5.41) is 0.814. The Hall–Kier alpha value is -1.71. The Bertz CT molecular complexity index is 669. The lowest BCUT2D eigenvalue weighted by Gasteiger charge is -2.19. The molecule has 0 N–H and O–H groups in total. The Morgan fingerprint density at radius 2 is 1.90 bits per heavy atom. The van der Waals surface area contributed by atoms with Crippen molar-refractivity contribution in [3.05, 3.63) is 30.3 Å². The van der Waals surface area contributed by atoms with Gasteiger partial charge in [0.05, 0.1) is 12.6 Å². The number of carbonyl (C=O) groups is 1. The van der Waals surface area contributed by atoms with Crippen LogP contribution >= 0.6 is 8.03 Å². The predicted molar refractivity (Wildman–Crippen MR) is 77.8 cm³/mol. The average Bonchev–Trinajstić information content (AvgIpc) is 2.75. The first kappa shape index (κ1) is 14.7. The lowest BCUT2D eigenvalue weighted by Crippen LogP contribution is -2.31. The normalized spacial score (nSPS) is 12.5. The van der Waals surface area contributed by atoms with E-state index in [1.165, 1.54) is 11.7 Å². The molecule has 1 atom stereocenters. The first-order valence-corrected chi connectivity index (χ1v) is 7.36. The van der Waals surface area contributed by atoms with E-state index in [9.17, 15) is 9.36 Å². The molecule has 1 heterocycles. The molecular formula is C14H17NO4P+. The summed E-state index contributed by atoms with van der Waals surface area (Å²) in [6.07, 6.45) is -0.561. The molecule has 0 saturated carbocycles. The lowest BCUT2D eigenvalue weighted by atomic mass is 10.2. The van der Waals surface area contributed by atoms with Crippen molar-refractivity contribution in [2.75, 3.05) is 7.11 Å². The predicted octanol–water partition coefficient (Wildman–Crippen LogP) is 3.44. The maximum atomic E-state index is 12.3. The van der Waals surface area contributed by atoms with E-state index >= 15 is 0 Å². The highest BCUT2D eigenvalue weighted by Crippen LogP contribution is 2.26. The standard InChI is InChI=1S/C14H17NO4P/c1-14(2,3)19-13(16)15-11-8-6-5-7-10(11)9-12(15)20(17)18-4/h5-9H,1-4H3/q+1. The first-order valence-electron chi connectivity index (χ1n) is 6.18. The molecule has 0 spiro atoms. The van der Waals surface area contributed by atoms with Crippen molar-refractivity contribution in [2.24, 2.45) is 0 Å². The molecule has 106 valence electrons. The molecule has 1 aromatic carbocycles. The second kappa shape index (κ2) is 5.35. The number of hydrogen-bond donors (Lipinski definition) is 0. The van der Waals surface area contributed by atoms with Crippen molar-refractivity contribution in [3.63, 3.8) is 0 Å². The van der Waals surface area contributed by atoms with Crippen LogP contribution in [0.1, 0.15) is 20.8 Å². The van der Waals surface area contributed by atoms with Crippen LogP contribution in [0, 0.1) is 0 Å². The number of nitrogens with zero attached hydrogens (tertiary/aromatic N) is 1. The summed E-state index contributed by atoms with van der Waals surface area (Å²) in [6.45, 7) is 5.35. The van der Waals surface area contributed by atoms with E-state index in [1.54, 1.807) is 32.9 Å². The minimum Gasteiger partial charge on any atom is -0.443 e. The van der Waals surface area contributed by atoms with Gasteiger partial charge in [0, 0.05) is 11.5 Å². The zero-order valence-electron chi connectivity index (χ0n) is 11.9. The summed E-state index contributed by atoms with van der Waals surface area (Å²) in [5.74, 6) is 0. The zero-order chi connectivity index (χ0) is 14.9. The van der Waals surface area contributed by atoms with Crippen molar-refractivity contribution < 1.29 is 18.6 Å².